The van der Waals surface area contributed by atoms with Gasteiger partial charge in [-0.15, -0.1) is 0 Å². The molecule has 4 radical (unpaired) electrons. The second kappa shape index (κ2) is 11.1. The third-order valence-corrected chi connectivity index (χ3v) is 5.20. The van der Waals surface area contributed by atoms with E-state index in [4.69, 9.17) is 49.5 Å². The fourth-order valence-electron chi connectivity index (χ4n) is 2.60. The highest BCUT2D eigenvalue weighted by Gasteiger charge is 2.42. The van der Waals surface area contributed by atoms with Crippen LogP contribution < -0.4 is 0 Å². The molecule has 166 valence electrons. The van der Waals surface area contributed by atoms with Gasteiger partial charge < -0.3 is 44.0 Å². The minimum absolute atomic E-state index is 0.277. The number of ether oxygens (including phenoxy) is 3. The Bertz CT molecular complexity index is 600. The zero-order chi connectivity index (χ0) is 22.6. The van der Waals surface area contributed by atoms with E-state index in [1.165, 1.54) is 7.11 Å². The van der Waals surface area contributed by atoms with E-state index in [1.807, 2.05) is 0 Å². The molecule has 17 heteroatoms. The lowest BCUT2D eigenvalue weighted by Crippen LogP contribution is -2.35. The van der Waals surface area contributed by atoms with Crippen molar-refractivity contribution in [2.24, 2.45) is 5.92 Å². The highest BCUT2D eigenvalue weighted by Crippen LogP contribution is 2.38. The molecular weight excluding hydrogens is 436 g/mol. The first-order valence-electron chi connectivity index (χ1n) is 8.27. The fourth-order valence-corrected chi connectivity index (χ4v) is 3.28. The minimum Gasteiger partial charge on any atom is -0.390 e. The summed E-state index contributed by atoms with van der Waals surface area (Å²) < 4.78 is 44.1. The van der Waals surface area contributed by atoms with E-state index in [-0.39, 0.29) is 12.5 Å². The molecule has 0 aromatic heterocycles. The van der Waals surface area contributed by atoms with Crippen molar-refractivity contribution in [1.29, 1.82) is 0 Å². The topological polar surface area (TPSA) is 202 Å². The molecule has 0 amide bonds. The molecule has 0 bridgehead atoms. The Kier molecular flexibility index (Phi) is 10.4. The summed E-state index contributed by atoms with van der Waals surface area (Å²) >= 11 is 0. The van der Waals surface area contributed by atoms with Crippen molar-refractivity contribution >= 4 is 31.3 Å². The first-order chi connectivity index (χ1) is 13.2. The van der Waals surface area contributed by atoms with Crippen LogP contribution in [0.2, 0.25) is 0 Å². The molecule has 0 spiro atoms. The van der Waals surface area contributed by atoms with Gasteiger partial charge in [-0.3, -0.25) is 9.05 Å². The van der Waals surface area contributed by atoms with E-state index in [9.17, 15) is 19.3 Å². The van der Waals surface area contributed by atoms with Gasteiger partial charge in [0, 0.05) is 25.0 Å². The molecule has 2 saturated heterocycles. The van der Waals surface area contributed by atoms with Gasteiger partial charge in [-0.2, -0.15) is 0 Å². The molecule has 2 rings (SSSR count). The molecule has 0 saturated carbocycles. The molecule has 2 fully saturated rings. The maximum Gasteiger partial charge on any atom is 0.469 e. The molecule has 0 aliphatic carbocycles. The summed E-state index contributed by atoms with van der Waals surface area (Å²) in [6, 6.07) is -1.47. The lowest BCUT2D eigenvalue weighted by molar-refractivity contribution is -0.0143. The third-order valence-electron chi connectivity index (χ3n) is 4.23. The molecule has 2 aliphatic heterocycles. The van der Waals surface area contributed by atoms with Gasteiger partial charge in [0.05, 0.1) is 19.3 Å². The Morgan fingerprint density at radius 1 is 0.862 bits per heavy atom. The number of aliphatic hydroxyl groups is 2. The first-order valence-corrected chi connectivity index (χ1v) is 11.3. The van der Waals surface area contributed by atoms with Gasteiger partial charge in [0.25, 0.3) is 0 Å². The van der Waals surface area contributed by atoms with Gasteiger partial charge in [0.2, 0.25) is 0 Å². The van der Waals surface area contributed by atoms with Gasteiger partial charge in [-0.05, 0) is 0 Å². The van der Waals surface area contributed by atoms with E-state index < -0.39 is 64.8 Å². The van der Waals surface area contributed by atoms with Crippen LogP contribution in [0.25, 0.3) is 0 Å². The van der Waals surface area contributed by atoms with Crippen molar-refractivity contribution in [2.45, 2.75) is 49.5 Å². The summed E-state index contributed by atoms with van der Waals surface area (Å²) in [4.78, 5) is 33.7. The maximum absolute atomic E-state index is 10.4. The Morgan fingerprint density at radius 2 is 1.28 bits per heavy atom. The molecule has 0 unspecified atom stereocenters. The number of hydrogen-bond donors (Lipinski definition) is 6. The maximum atomic E-state index is 10.4. The highest BCUT2D eigenvalue weighted by atomic mass is 31.2. The molecule has 29 heavy (non-hydrogen) atoms. The number of hydrogen-bond acceptors (Lipinski definition) is 9. The van der Waals surface area contributed by atoms with Crippen molar-refractivity contribution in [2.75, 3.05) is 20.3 Å². The summed E-state index contributed by atoms with van der Waals surface area (Å²) in [6.07, 6.45) is -4.35. The molecule has 2 aliphatic rings. The van der Waals surface area contributed by atoms with Crippen LogP contribution in [0, 0.1) is 5.92 Å². The van der Waals surface area contributed by atoms with Crippen LogP contribution in [0.5, 0.6) is 0 Å². The highest BCUT2D eigenvalue weighted by molar-refractivity contribution is 7.46. The van der Waals surface area contributed by atoms with Crippen molar-refractivity contribution in [3.8, 4) is 0 Å². The predicted molar refractivity (Wildman–Crippen MR) is 96.8 cm³/mol. The number of rotatable bonds is 7. The molecular formula is C12H24B2O13P2. The first kappa shape index (κ1) is 27.2. The quantitative estimate of drug-likeness (QED) is 0.170. The largest absolute Gasteiger partial charge is 0.469 e. The van der Waals surface area contributed by atoms with Crippen molar-refractivity contribution in [1.82, 2.24) is 0 Å². The number of phosphoric acid groups is 2. The van der Waals surface area contributed by atoms with Crippen LogP contribution >= 0.6 is 15.6 Å². The summed E-state index contributed by atoms with van der Waals surface area (Å²) in [6.45, 7) is 0.870. The van der Waals surface area contributed by atoms with Crippen LogP contribution in [0.3, 0.4) is 0 Å². The summed E-state index contributed by atoms with van der Waals surface area (Å²) in [5.74, 6) is -0.277. The molecule has 2 heterocycles. The molecule has 13 nitrogen and oxygen atoms in total. The van der Waals surface area contributed by atoms with Crippen LogP contribution in [0.1, 0.15) is 6.92 Å². The standard InChI is InChI=1S/C6H12BO7P.C6H12BO6P/c1-12-5-4(8)3(14-6(5)7)2-13-15(9,10)11;1-3-5(8)4(13-6(3)7)2-12-14(9,10)11/h3-6,8H,2H2,1H3,(H2,9,10,11);3-6,8H,2H2,1H3,(H2,9,10,11)/t3-,4-,5-,6-;3-,4-,5+,6-/m11/s1. The molecule has 0 aromatic rings. The fraction of sp³-hybridized carbons (Fsp3) is 1.00. The van der Waals surface area contributed by atoms with E-state index >= 15 is 0 Å². The zero-order valence-electron chi connectivity index (χ0n) is 15.6. The lowest BCUT2D eigenvalue weighted by Gasteiger charge is -2.16. The van der Waals surface area contributed by atoms with Gasteiger partial charge in [-0.25, -0.2) is 9.13 Å². The number of aliphatic hydroxyl groups excluding tert-OH is 2. The second-order valence-electron chi connectivity index (χ2n) is 6.39. The predicted octanol–water partition coefficient (Wildman–Crippen LogP) is -2.65. The van der Waals surface area contributed by atoms with Crippen LogP contribution in [-0.4, -0.2) is 108 Å². The van der Waals surface area contributed by atoms with Gasteiger partial charge in [0.1, 0.15) is 40.1 Å². The third kappa shape index (κ3) is 9.04. The Balaban J connectivity index is 0.000000291. The van der Waals surface area contributed by atoms with Crippen molar-refractivity contribution in [3.05, 3.63) is 0 Å². The minimum atomic E-state index is -4.57. The second-order valence-corrected chi connectivity index (χ2v) is 8.87. The van der Waals surface area contributed by atoms with E-state index in [1.54, 1.807) is 6.92 Å². The van der Waals surface area contributed by atoms with E-state index in [0.717, 1.165) is 0 Å². The van der Waals surface area contributed by atoms with Crippen LogP contribution in [0.4, 0.5) is 0 Å². The molecule has 0 aromatic carbocycles. The number of methoxy groups -OCH3 is 1. The average Bonchev–Trinajstić information content (AvgIpc) is 3.00. The molecule has 6 N–H and O–H groups in total. The van der Waals surface area contributed by atoms with Crippen molar-refractivity contribution in [3.63, 3.8) is 0 Å². The van der Waals surface area contributed by atoms with Gasteiger partial charge in [-0.1, -0.05) is 6.92 Å². The van der Waals surface area contributed by atoms with Crippen molar-refractivity contribution < 1.29 is 62.2 Å². The lowest BCUT2D eigenvalue weighted by atomic mass is 9.86. The smallest absolute Gasteiger partial charge is 0.390 e. The monoisotopic (exact) mass is 460 g/mol. The Hall–Kier alpha value is 0.150. The SMILES string of the molecule is [B][C@@H]1O[C@H](COP(=O)(O)O)[C@@H](O)[C@H]1C.[B][C@@H]1O[C@H](COP(=O)(O)O)[C@@H](O)[C@H]1OC. The molecule has 8 atom stereocenters. The zero-order valence-corrected chi connectivity index (χ0v) is 17.4. The summed E-state index contributed by atoms with van der Waals surface area (Å²) in [5.41, 5.74) is 0. The summed E-state index contributed by atoms with van der Waals surface area (Å²) in [5, 5.41) is 19.0. The average molecular weight is 460 g/mol. The normalized spacial score (nSPS) is 37.9. The van der Waals surface area contributed by atoms with E-state index in [0.29, 0.717) is 0 Å². The van der Waals surface area contributed by atoms with Gasteiger partial charge in [0.15, 0.2) is 0 Å². The summed E-state index contributed by atoms with van der Waals surface area (Å²) in [7, 11) is 3.19. The Labute approximate surface area is 169 Å². The Morgan fingerprint density at radius 3 is 1.59 bits per heavy atom. The van der Waals surface area contributed by atoms with Crippen LogP contribution in [0.15, 0.2) is 0 Å². The van der Waals surface area contributed by atoms with E-state index in [2.05, 4.69) is 9.05 Å². The number of phosphoric ester groups is 2. The van der Waals surface area contributed by atoms with Crippen LogP contribution in [-0.2, 0) is 32.4 Å². The van der Waals surface area contributed by atoms with Gasteiger partial charge >= 0.3 is 15.6 Å².